The first kappa shape index (κ1) is 34.5. The molecule has 4 aliphatic rings. The monoisotopic (exact) mass is 731 g/mol. The van der Waals surface area contributed by atoms with Gasteiger partial charge in [-0.05, 0) is 56.2 Å². The molecule has 276 valence electrons. The lowest BCUT2D eigenvalue weighted by atomic mass is 10.0. The van der Waals surface area contributed by atoms with Gasteiger partial charge < -0.3 is 20.0 Å². The number of aromatic nitrogens is 4. The summed E-state index contributed by atoms with van der Waals surface area (Å²) in [5.74, 6) is -1.14. The van der Waals surface area contributed by atoms with Gasteiger partial charge in [0.1, 0.15) is 23.9 Å². The third-order valence-electron chi connectivity index (χ3n) is 10.3. The Morgan fingerprint density at radius 3 is 2.64 bits per heavy atom. The zero-order valence-electron chi connectivity index (χ0n) is 28.5. The predicted octanol–water partition coefficient (Wildman–Crippen LogP) is 4.68. The van der Waals surface area contributed by atoms with Gasteiger partial charge in [-0.25, -0.2) is 23.1 Å². The van der Waals surface area contributed by atoms with Gasteiger partial charge in [-0.2, -0.15) is 5.10 Å². The molecule has 1 aliphatic carbocycles. The van der Waals surface area contributed by atoms with Crippen LogP contribution in [0.1, 0.15) is 88.7 Å². The SMILES string of the molecule is O=C1CCC(N2Cc3c(ccc(CN4CCC(n5cc(NC(=O)c6coc(-c7ccnc(NCC8CC8)c7)n6)c(C(F)F)n5)CC4)c3F)C2=O)C(=O)N1. The van der Waals surface area contributed by atoms with E-state index in [1.165, 1.54) is 34.9 Å². The number of pyridine rings is 1. The van der Waals surface area contributed by atoms with Crippen LogP contribution >= 0.6 is 0 Å². The van der Waals surface area contributed by atoms with Crippen LogP contribution in [0.2, 0.25) is 0 Å². The highest BCUT2D eigenvalue weighted by Crippen LogP contribution is 2.34. The summed E-state index contributed by atoms with van der Waals surface area (Å²) in [5.41, 5.74) is 0.652. The van der Waals surface area contributed by atoms with E-state index in [1.54, 1.807) is 30.5 Å². The van der Waals surface area contributed by atoms with Crippen LogP contribution in [0.15, 0.2) is 47.3 Å². The molecule has 17 heteroatoms. The highest BCUT2D eigenvalue weighted by atomic mass is 19.3. The lowest BCUT2D eigenvalue weighted by Crippen LogP contribution is -2.52. The third-order valence-corrected chi connectivity index (χ3v) is 10.3. The lowest BCUT2D eigenvalue weighted by molar-refractivity contribution is -0.136. The maximum absolute atomic E-state index is 15.8. The van der Waals surface area contributed by atoms with Crippen molar-refractivity contribution < 1.29 is 36.8 Å². The first-order chi connectivity index (χ1) is 25.6. The molecule has 6 heterocycles. The maximum atomic E-state index is 15.8. The molecule has 1 saturated carbocycles. The minimum absolute atomic E-state index is 0.0612. The second-order valence-electron chi connectivity index (χ2n) is 13.9. The van der Waals surface area contributed by atoms with E-state index in [2.05, 4.69) is 31.0 Å². The summed E-state index contributed by atoms with van der Waals surface area (Å²) >= 11 is 0. The quantitative estimate of drug-likeness (QED) is 0.184. The Morgan fingerprint density at radius 2 is 1.89 bits per heavy atom. The number of benzene rings is 1. The van der Waals surface area contributed by atoms with Crippen molar-refractivity contribution in [3.8, 4) is 11.5 Å². The Bertz CT molecular complexity index is 2090. The molecule has 3 fully saturated rings. The molecular weight excluding hydrogens is 695 g/mol. The fourth-order valence-electron chi connectivity index (χ4n) is 7.14. The number of likely N-dealkylation sites (tertiary alicyclic amines) is 1. The van der Waals surface area contributed by atoms with Crippen molar-refractivity contribution in [2.24, 2.45) is 5.92 Å². The van der Waals surface area contributed by atoms with Crippen LogP contribution in [-0.4, -0.2) is 78.9 Å². The number of carbonyl (C=O) groups is 4. The number of anilines is 2. The Morgan fingerprint density at radius 1 is 1.08 bits per heavy atom. The second-order valence-corrected chi connectivity index (χ2v) is 13.9. The number of halogens is 3. The van der Waals surface area contributed by atoms with E-state index < -0.39 is 47.6 Å². The van der Waals surface area contributed by atoms with Gasteiger partial charge in [-0.3, -0.25) is 34.1 Å². The van der Waals surface area contributed by atoms with Gasteiger partial charge in [-0.1, -0.05) is 6.07 Å². The normalized spacial score (nSPS) is 19.5. The number of nitrogens with one attached hydrogen (secondary N) is 3. The van der Waals surface area contributed by atoms with Crippen molar-refractivity contribution in [1.82, 2.24) is 34.9 Å². The molecule has 0 bridgehead atoms. The van der Waals surface area contributed by atoms with Gasteiger partial charge in [0.25, 0.3) is 18.2 Å². The molecule has 1 aromatic carbocycles. The standard InChI is InChI=1S/C36H36F3N9O5/c37-30-21(3-4-23-24(30)16-47(36(23)52)27-5-6-29(49)44-34(27)51)15-46-11-8-22(9-12-46)48-17-25(31(45-48)32(38)39)42-33(50)26-18-53-35(43-26)20-7-10-40-28(13-20)41-14-19-1-2-19/h3-4,7,10,13,17-19,22,27,32H,1-2,5-6,8-9,11-12,14-16H2,(H,40,41)(H,42,50)(H,44,49,51). The van der Waals surface area contributed by atoms with Crippen LogP contribution in [0.25, 0.3) is 11.5 Å². The maximum Gasteiger partial charge on any atom is 0.284 e. The molecule has 4 amide bonds. The fraction of sp³-hybridized carbons (Fsp3) is 0.417. The first-order valence-electron chi connectivity index (χ1n) is 17.6. The summed E-state index contributed by atoms with van der Waals surface area (Å²) in [6, 6.07) is 5.53. The van der Waals surface area contributed by atoms with Crippen LogP contribution in [0.3, 0.4) is 0 Å². The zero-order valence-corrected chi connectivity index (χ0v) is 28.5. The van der Waals surface area contributed by atoms with Crippen molar-refractivity contribution in [3.63, 3.8) is 0 Å². The van der Waals surface area contributed by atoms with Gasteiger partial charge >= 0.3 is 0 Å². The summed E-state index contributed by atoms with van der Waals surface area (Å²) < 4.78 is 50.9. The smallest absolute Gasteiger partial charge is 0.284 e. The molecular formula is C36H36F3N9O5. The number of carbonyl (C=O) groups excluding carboxylic acids is 4. The zero-order chi connectivity index (χ0) is 36.8. The van der Waals surface area contributed by atoms with E-state index in [4.69, 9.17) is 4.42 Å². The average Bonchev–Trinajstić information content (AvgIpc) is 3.50. The average molecular weight is 732 g/mol. The minimum Gasteiger partial charge on any atom is -0.444 e. The number of nitrogens with zero attached hydrogens (tertiary/aromatic N) is 6. The summed E-state index contributed by atoms with van der Waals surface area (Å²) in [6.45, 7) is 2.06. The number of imide groups is 1. The largest absolute Gasteiger partial charge is 0.444 e. The first-order valence-corrected chi connectivity index (χ1v) is 17.6. The minimum atomic E-state index is -2.95. The topological polar surface area (TPSA) is 168 Å². The van der Waals surface area contributed by atoms with Gasteiger partial charge in [0.15, 0.2) is 11.4 Å². The van der Waals surface area contributed by atoms with E-state index in [9.17, 15) is 28.0 Å². The van der Waals surface area contributed by atoms with Crippen molar-refractivity contribution in [2.75, 3.05) is 30.3 Å². The second kappa shape index (κ2) is 14.1. The molecule has 8 rings (SSSR count). The lowest BCUT2D eigenvalue weighted by Gasteiger charge is -2.32. The summed E-state index contributed by atoms with van der Waals surface area (Å²) in [5, 5.41) is 12.2. The van der Waals surface area contributed by atoms with Crippen LogP contribution in [-0.2, 0) is 22.7 Å². The van der Waals surface area contributed by atoms with Crippen LogP contribution < -0.4 is 16.0 Å². The van der Waals surface area contributed by atoms with E-state index in [0.29, 0.717) is 48.8 Å². The van der Waals surface area contributed by atoms with E-state index in [1.807, 2.05) is 4.90 Å². The Labute approximate surface area is 301 Å². The van der Waals surface area contributed by atoms with Crippen LogP contribution in [0.5, 0.6) is 0 Å². The Hall–Kier alpha value is -5.58. The Kier molecular flexibility index (Phi) is 9.18. The highest BCUT2D eigenvalue weighted by molar-refractivity contribution is 6.05. The number of amides is 4. The van der Waals surface area contributed by atoms with Crippen molar-refractivity contribution in [1.29, 1.82) is 0 Å². The molecule has 3 aromatic heterocycles. The number of hydrogen-bond donors (Lipinski definition) is 3. The Balaban J connectivity index is 0.886. The van der Waals surface area contributed by atoms with Crippen molar-refractivity contribution in [2.45, 2.75) is 70.1 Å². The molecule has 14 nitrogen and oxygen atoms in total. The number of hydrogen-bond acceptors (Lipinski definition) is 10. The summed E-state index contributed by atoms with van der Waals surface area (Å²) in [6.07, 6.45) is 4.96. The molecule has 1 unspecified atom stereocenters. The molecule has 53 heavy (non-hydrogen) atoms. The molecule has 4 aromatic rings. The van der Waals surface area contributed by atoms with Crippen molar-refractivity contribution in [3.05, 3.63) is 76.8 Å². The van der Waals surface area contributed by atoms with E-state index in [-0.39, 0.29) is 60.4 Å². The molecule has 1 atom stereocenters. The molecule has 3 N–H and O–H groups in total. The van der Waals surface area contributed by atoms with E-state index >= 15 is 4.39 Å². The van der Waals surface area contributed by atoms with Gasteiger partial charge in [0.2, 0.25) is 17.7 Å². The summed E-state index contributed by atoms with van der Waals surface area (Å²) in [7, 11) is 0. The van der Waals surface area contributed by atoms with Gasteiger partial charge in [0, 0.05) is 67.2 Å². The number of alkyl halides is 2. The van der Waals surface area contributed by atoms with Crippen molar-refractivity contribution >= 4 is 35.1 Å². The number of piperidine rings is 2. The molecule has 0 radical (unpaired) electrons. The number of fused-ring (bicyclic) bond motifs is 1. The summed E-state index contributed by atoms with van der Waals surface area (Å²) in [4.78, 5) is 62.0. The van der Waals surface area contributed by atoms with Crippen LogP contribution in [0, 0.1) is 11.7 Å². The predicted molar refractivity (Wildman–Crippen MR) is 182 cm³/mol. The molecule has 3 aliphatic heterocycles. The number of rotatable bonds is 11. The fourth-order valence-corrected chi connectivity index (χ4v) is 7.14. The van der Waals surface area contributed by atoms with Crippen LogP contribution in [0.4, 0.5) is 24.7 Å². The molecule has 2 saturated heterocycles. The molecule has 0 spiro atoms. The van der Waals surface area contributed by atoms with Gasteiger partial charge in [-0.15, -0.1) is 0 Å². The number of oxazole rings is 1. The third kappa shape index (κ3) is 7.12. The van der Waals surface area contributed by atoms with Gasteiger partial charge in [0.05, 0.1) is 18.3 Å². The van der Waals surface area contributed by atoms with E-state index in [0.717, 1.165) is 6.54 Å². The highest BCUT2D eigenvalue weighted by Gasteiger charge is 2.40.